The molecule has 1 rings (SSSR count). The molecule has 1 atom stereocenters. The monoisotopic (exact) mass is 240 g/mol. The summed E-state index contributed by atoms with van der Waals surface area (Å²) < 4.78 is 1.54. The average Bonchev–Trinajstić information content (AvgIpc) is 2.64. The second-order valence-corrected chi connectivity index (χ2v) is 4.62. The van der Waals surface area contributed by atoms with E-state index in [1.165, 1.54) is 4.68 Å². The van der Waals surface area contributed by atoms with Gasteiger partial charge in [-0.15, -0.1) is 0 Å². The van der Waals surface area contributed by atoms with Crippen LogP contribution in [-0.4, -0.2) is 39.5 Å². The molecule has 1 aromatic heterocycles. The standard InChI is InChI=1S/C11H20N4O2/c1-8(11(2,3)17)14-9-5-13-15(6-9)7-10(16)12-4/h5-6,8,14,17H,7H2,1-4H3,(H,12,16). The third kappa shape index (κ3) is 4.07. The van der Waals surface area contributed by atoms with Crippen LogP contribution in [0, 0.1) is 0 Å². The van der Waals surface area contributed by atoms with Gasteiger partial charge in [-0.25, -0.2) is 0 Å². The number of likely N-dealkylation sites (N-methyl/N-ethyl adjacent to an activating group) is 1. The van der Waals surface area contributed by atoms with E-state index < -0.39 is 5.60 Å². The van der Waals surface area contributed by atoms with Crippen molar-refractivity contribution in [2.24, 2.45) is 0 Å². The minimum Gasteiger partial charge on any atom is -0.388 e. The van der Waals surface area contributed by atoms with E-state index in [1.807, 2.05) is 6.92 Å². The average molecular weight is 240 g/mol. The number of carbonyl (C=O) groups is 1. The quantitative estimate of drug-likeness (QED) is 0.687. The van der Waals surface area contributed by atoms with Crippen molar-refractivity contribution in [2.45, 2.75) is 39.0 Å². The lowest BCUT2D eigenvalue weighted by Gasteiger charge is -2.26. The van der Waals surface area contributed by atoms with Gasteiger partial charge in [0.2, 0.25) is 5.91 Å². The van der Waals surface area contributed by atoms with Gasteiger partial charge in [0, 0.05) is 13.2 Å². The zero-order valence-corrected chi connectivity index (χ0v) is 10.7. The molecular weight excluding hydrogens is 220 g/mol. The molecule has 0 aliphatic rings. The van der Waals surface area contributed by atoms with Gasteiger partial charge in [-0.3, -0.25) is 9.48 Å². The third-order valence-electron chi connectivity index (χ3n) is 2.66. The minimum absolute atomic E-state index is 0.102. The van der Waals surface area contributed by atoms with Crippen LogP contribution in [0.2, 0.25) is 0 Å². The van der Waals surface area contributed by atoms with Crippen LogP contribution < -0.4 is 10.6 Å². The van der Waals surface area contributed by atoms with Crippen LogP contribution in [0.5, 0.6) is 0 Å². The summed E-state index contributed by atoms with van der Waals surface area (Å²) in [6.45, 7) is 5.55. The van der Waals surface area contributed by atoms with Crippen molar-refractivity contribution in [1.29, 1.82) is 0 Å². The third-order valence-corrected chi connectivity index (χ3v) is 2.66. The van der Waals surface area contributed by atoms with Crippen molar-refractivity contribution in [2.75, 3.05) is 12.4 Å². The van der Waals surface area contributed by atoms with Crippen LogP contribution in [0.25, 0.3) is 0 Å². The molecule has 1 amide bonds. The van der Waals surface area contributed by atoms with E-state index in [2.05, 4.69) is 15.7 Å². The van der Waals surface area contributed by atoms with Gasteiger partial charge in [-0.2, -0.15) is 5.10 Å². The highest BCUT2D eigenvalue weighted by Gasteiger charge is 2.22. The Labute approximate surface area is 101 Å². The first kappa shape index (κ1) is 13.5. The van der Waals surface area contributed by atoms with Crippen LogP contribution in [0.15, 0.2) is 12.4 Å². The van der Waals surface area contributed by atoms with Crippen molar-refractivity contribution in [1.82, 2.24) is 15.1 Å². The Bertz CT molecular complexity index is 381. The van der Waals surface area contributed by atoms with Crippen LogP contribution in [0.3, 0.4) is 0 Å². The molecule has 0 aromatic carbocycles. The summed E-state index contributed by atoms with van der Waals surface area (Å²) in [4.78, 5) is 11.1. The van der Waals surface area contributed by atoms with Crippen LogP contribution in [0.4, 0.5) is 5.69 Å². The summed E-state index contributed by atoms with van der Waals surface area (Å²) in [6, 6.07) is -0.111. The van der Waals surface area contributed by atoms with E-state index in [0.717, 1.165) is 5.69 Å². The lowest BCUT2D eigenvalue weighted by atomic mass is 10.0. The molecule has 1 aromatic rings. The van der Waals surface area contributed by atoms with Crippen molar-refractivity contribution in [3.05, 3.63) is 12.4 Å². The molecule has 3 N–H and O–H groups in total. The number of nitrogens with one attached hydrogen (secondary N) is 2. The molecule has 0 saturated heterocycles. The largest absolute Gasteiger partial charge is 0.388 e. The fraction of sp³-hybridized carbons (Fsp3) is 0.636. The number of nitrogens with zero attached hydrogens (tertiary/aromatic N) is 2. The number of hydrogen-bond acceptors (Lipinski definition) is 4. The molecule has 0 aliphatic carbocycles. The summed E-state index contributed by atoms with van der Waals surface area (Å²) in [6.07, 6.45) is 3.36. The van der Waals surface area contributed by atoms with E-state index in [-0.39, 0.29) is 18.5 Å². The maximum atomic E-state index is 11.1. The predicted molar refractivity (Wildman–Crippen MR) is 65.7 cm³/mol. The number of aromatic nitrogens is 2. The fourth-order valence-corrected chi connectivity index (χ4v) is 1.18. The van der Waals surface area contributed by atoms with E-state index in [9.17, 15) is 9.90 Å². The number of aliphatic hydroxyl groups is 1. The molecular formula is C11H20N4O2. The molecule has 6 nitrogen and oxygen atoms in total. The number of carbonyl (C=O) groups excluding carboxylic acids is 1. The highest BCUT2D eigenvalue weighted by Crippen LogP contribution is 2.14. The van der Waals surface area contributed by atoms with Crippen LogP contribution in [0.1, 0.15) is 20.8 Å². The molecule has 0 aliphatic heterocycles. The lowest BCUT2D eigenvalue weighted by molar-refractivity contribution is -0.121. The molecule has 0 bridgehead atoms. The molecule has 96 valence electrons. The van der Waals surface area contributed by atoms with Gasteiger partial charge in [-0.1, -0.05) is 0 Å². The Kier molecular flexibility index (Phi) is 4.11. The van der Waals surface area contributed by atoms with Crippen molar-refractivity contribution in [3.8, 4) is 0 Å². The molecule has 0 radical (unpaired) electrons. The maximum Gasteiger partial charge on any atom is 0.241 e. The van der Waals surface area contributed by atoms with Gasteiger partial charge >= 0.3 is 0 Å². The van der Waals surface area contributed by atoms with E-state index >= 15 is 0 Å². The highest BCUT2D eigenvalue weighted by atomic mass is 16.3. The van der Waals surface area contributed by atoms with E-state index in [0.29, 0.717) is 0 Å². The van der Waals surface area contributed by atoms with Crippen molar-refractivity contribution < 1.29 is 9.90 Å². The van der Waals surface area contributed by atoms with Crippen molar-refractivity contribution >= 4 is 11.6 Å². The first-order valence-electron chi connectivity index (χ1n) is 5.55. The Morgan fingerprint density at radius 3 is 2.82 bits per heavy atom. The number of hydrogen-bond donors (Lipinski definition) is 3. The van der Waals surface area contributed by atoms with Gasteiger partial charge in [0.15, 0.2) is 0 Å². The maximum absolute atomic E-state index is 11.1. The Morgan fingerprint density at radius 2 is 2.29 bits per heavy atom. The molecule has 0 spiro atoms. The summed E-state index contributed by atoms with van der Waals surface area (Å²) >= 11 is 0. The topological polar surface area (TPSA) is 79.2 Å². The van der Waals surface area contributed by atoms with Gasteiger partial charge in [-0.05, 0) is 20.8 Å². The second-order valence-electron chi connectivity index (χ2n) is 4.62. The summed E-state index contributed by atoms with van der Waals surface area (Å²) in [5.74, 6) is -0.102. The Morgan fingerprint density at radius 1 is 1.65 bits per heavy atom. The zero-order valence-electron chi connectivity index (χ0n) is 10.7. The Balaban J connectivity index is 2.60. The van der Waals surface area contributed by atoms with Gasteiger partial charge in [0.1, 0.15) is 6.54 Å². The van der Waals surface area contributed by atoms with Gasteiger partial charge in [0.25, 0.3) is 0 Å². The molecule has 0 saturated carbocycles. The lowest BCUT2D eigenvalue weighted by Crippen LogP contribution is -2.39. The molecule has 1 heterocycles. The molecule has 6 heteroatoms. The van der Waals surface area contributed by atoms with Crippen molar-refractivity contribution in [3.63, 3.8) is 0 Å². The first-order chi connectivity index (χ1) is 7.82. The minimum atomic E-state index is -0.817. The number of rotatable bonds is 5. The smallest absolute Gasteiger partial charge is 0.241 e. The fourth-order valence-electron chi connectivity index (χ4n) is 1.18. The van der Waals surface area contributed by atoms with Gasteiger partial charge < -0.3 is 15.7 Å². The normalized spacial score (nSPS) is 13.2. The molecule has 17 heavy (non-hydrogen) atoms. The van der Waals surface area contributed by atoms with E-state index in [1.54, 1.807) is 33.3 Å². The van der Waals surface area contributed by atoms with E-state index in [4.69, 9.17) is 0 Å². The summed E-state index contributed by atoms with van der Waals surface area (Å²) in [5.41, 5.74) is -0.0355. The zero-order chi connectivity index (χ0) is 13.1. The second kappa shape index (κ2) is 5.18. The highest BCUT2D eigenvalue weighted by molar-refractivity contribution is 5.75. The number of amides is 1. The Hall–Kier alpha value is -1.56. The number of anilines is 1. The predicted octanol–water partition coefficient (Wildman–Crippen LogP) is 0.200. The molecule has 0 fully saturated rings. The van der Waals surface area contributed by atoms with Crippen LogP contribution >= 0.6 is 0 Å². The van der Waals surface area contributed by atoms with Gasteiger partial charge in [0.05, 0.1) is 23.5 Å². The SMILES string of the molecule is CNC(=O)Cn1cc(NC(C)C(C)(C)O)cn1. The summed E-state index contributed by atoms with van der Waals surface area (Å²) in [5, 5.41) is 19.5. The van der Waals surface area contributed by atoms with Crippen LogP contribution in [-0.2, 0) is 11.3 Å². The summed E-state index contributed by atoms with van der Waals surface area (Å²) in [7, 11) is 1.58. The molecule has 1 unspecified atom stereocenters. The first-order valence-corrected chi connectivity index (χ1v) is 5.55.